The van der Waals surface area contributed by atoms with E-state index < -0.39 is 6.03 Å². The summed E-state index contributed by atoms with van der Waals surface area (Å²) >= 11 is 0. The number of ketones is 1. The van der Waals surface area contributed by atoms with E-state index in [-0.39, 0.29) is 12.4 Å². The van der Waals surface area contributed by atoms with E-state index in [0.717, 1.165) is 15.6 Å². The third kappa shape index (κ3) is 5.77. The van der Waals surface area contributed by atoms with Crippen LogP contribution >= 0.6 is 0 Å². The number of hydrazine groups is 2. The van der Waals surface area contributed by atoms with Crippen LogP contribution in [-0.2, 0) is 6.61 Å². The Hall–Kier alpha value is -3.56. The minimum absolute atomic E-state index is 0.0523. The molecule has 0 atom stereocenters. The maximum atomic E-state index is 12.6. The first-order valence-electron chi connectivity index (χ1n) is 9.92. The smallest absolute Gasteiger partial charge is 0.352 e. The zero-order valence-corrected chi connectivity index (χ0v) is 19.4. The number of allylic oxidation sites excluding steroid dienone is 1. The SMILES string of the molecule is COc1cccc(N(N)C(=O)N(C)N)c1COc1ccc(C(=O)/C(C)=C/N(C)C)cc1C. The molecule has 32 heavy (non-hydrogen) atoms. The normalized spacial score (nSPS) is 11.1. The number of hydrogen-bond acceptors (Lipinski definition) is 7. The third-order valence-electron chi connectivity index (χ3n) is 4.71. The summed E-state index contributed by atoms with van der Waals surface area (Å²) in [6, 6.07) is 9.81. The van der Waals surface area contributed by atoms with Crippen molar-refractivity contribution in [3.05, 3.63) is 64.9 Å². The zero-order valence-electron chi connectivity index (χ0n) is 19.4. The van der Waals surface area contributed by atoms with Gasteiger partial charge in [-0.1, -0.05) is 6.07 Å². The van der Waals surface area contributed by atoms with Crippen LogP contribution in [0.3, 0.4) is 0 Å². The monoisotopic (exact) mass is 441 g/mol. The molecule has 0 unspecified atom stereocenters. The average molecular weight is 442 g/mol. The molecule has 172 valence electrons. The molecule has 0 saturated carbocycles. The Morgan fingerprint density at radius 2 is 1.75 bits per heavy atom. The molecule has 2 amide bonds. The first-order chi connectivity index (χ1) is 15.1. The Bertz CT molecular complexity index is 1020. The predicted octanol–water partition coefficient (Wildman–Crippen LogP) is 2.84. The van der Waals surface area contributed by atoms with Crippen molar-refractivity contribution >= 4 is 17.5 Å². The standard InChI is InChI=1S/C23H31N5O4/c1-15-12-17(22(29)16(2)13-26(3)4)10-11-20(15)32-14-18-19(8-7-9-21(18)31-6)28(25)23(30)27(5)24/h7-13H,14,24-25H2,1-6H3/b16-13+. The number of amides is 2. The van der Waals surface area contributed by atoms with Crippen molar-refractivity contribution in [3.8, 4) is 11.5 Å². The van der Waals surface area contributed by atoms with Gasteiger partial charge in [0, 0.05) is 38.5 Å². The Morgan fingerprint density at radius 3 is 2.31 bits per heavy atom. The molecular formula is C23H31N5O4. The highest BCUT2D eigenvalue weighted by Crippen LogP contribution is 2.31. The van der Waals surface area contributed by atoms with Crippen LogP contribution < -0.4 is 26.2 Å². The predicted molar refractivity (Wildman–Crippen MR) is 124 cm³/mol. The first-order valence-corrected chi connectivity index (χ1v) is 9.92. The molecule has 0 heterocycles. The van der Waals surface area contributed by atoms with E-state index >= 15 is 0 Å². The molecule has 2 aromatic rings. The van der Waals surface area contributed by atoms with Crippen molar-refractivity contribution in [3.63, 3.8) is 0 Å². The van der Waals surface area contributed by atoms with Gasteiger partial charge in [0.15, 0.2) is 5.78 Å². The summed E-state index contributed by atoms with van der Waals surface area (Å²) in [5.41, 5.74) is 3.00. The molecule has 0 saturated heterocycles. The fourth-order valence-corrected chi connectivity index (χ4v) is 3.17. The summed E-state index contributed by atoms with van der Waals surface area (Å²) in [6.45, 7) is 3.73. The van der Waals surface area contributed by atoms with Crippen molar-refractivity contribution in [2.24, 2.45) is 11.7 Å². The first kappa shape index (κ1) is 24.7. The number of benzene rings is 2. The molecule has 2 rings (SSSR count). The molecule has 9 heteroatoms. The summed E-state index contributed by atoms with van der Waals surface area (Å²) in [5.74, 6) is 12.6. The molecule has 0 fully saturated rings. The molecule has 4 N–H and O–H groups in total. The zero-order chi connectivity index (χ0) is 24.0. The van der Waals surface area contributed by atoms with E-state index in [1.807, 2.05) is 25.9 Å². The van der Waals surface area contributed by atoms with E-state index in [4.69, 9.17) is 21.2 Å². The number of urea groups is 1. The highest BCUT2D eigenvalue weighted by Gasteiger charge is 2.21. The topological polar surface area (TPSA) is 114 Å². The minimum atomic E-state index is -0.598. The molecule has 0 aliphatic rings. The summed E-state index contributed by atoms with van der Waals surface area (Å²) in [4.78, 5) is 26.7. The van der Waals surface area contributed by atoms with Crippen LogP contribution in [0, 0.1) is 6.92 Å². The van der Waals surface area contributed by atoms with Gasteiger partial charge in [-0.2, -0.15) is 0 Å². The Balaban J connectivity index is 2.29. The van der Waals surface area contributed by atoms with Crippen LogP contribution in [0.25, 0.3) is 0 Å². The maximum absolute atomic E-state index is 12.6. The molecule has 0 aliphatic heterocycles. The second-order valence-corrected chi connectivity index (χ2v) is 7.60. The Kier molecular flexibility index (Phi) is 8.22. The summed E-state index contributed by atoms with van der Waals surface area (Å²) < 4.78 is 11.4. The van der Waals surface area contributed by atoms with Gasteiger partial charge in [-0.05, 0) is 49.7 Å². The average Bonchev–Trinajstić information content (AvgIpc) is 2.75. The molecule has 0 bridgehead atoms. The van der Waals surface area contributed by atoms with E-state index in [2.05, 4.69) is 0 Å². The van der Waals surface area contributed by atoms with E-state index in [1.54, 1.807) is 49.5 Å². The summed E-state index contributed by atoms with van der Waals surface area (Å²) in [6.07, 6.45) is 1.78. The third-order valence-corrected chi connectivity index (χ3v) is 4.71. The quantitative estimate of drug-likeness (QED) is 0.213. The second-order valence-electron chi connectivity index (χ2n) is 7.60. The lowest BCUT2D eigenvalue weighted by Crippen LogP contribution is -2.49. The van der Waals surface area contributed by atoms with Gasteiger partial charge in [0.2, 0.25) is 0 Å². The molecular weight excluding hydrogens is 410 g/mol. The van der Waals surface area contributed by atoms with Crippen molar-refractivity contribution in [1.82, 2.24) is 9.91 Å². The molecule has 0 spiro atoms. The van der Waals surface area contributed by atoms with Crippen molar-refractivity contribution < 1.29 is 19.1 Å². The van der Waals surface area contributed by atoms with Gasteiger partial charge in [-0.3, -0.25) is 9.80 Å². The Morgan fingerprint density at radius 1 is 1.06 bits per heavy atom. The molecule has 9 nitrogen and oxygen atoms in total. The van der Waals surface area contributed by atoms with E-state index in [9.17, 15) is 9.59 Å². The number of aryl methyl sites for hydroxylation is 1. The number of Topliss-reactive ketones (excluding diaryl/α,β-unsaturated/α-hetero) is 1. The fourth-order valence-electron chi connectivity index (χ4n) is 3.17. The number of rotatable bonds is 8. The van der Waals surface area contributed by atoms with Gasteiger partial charge in [-0.25, -0.2) is 21.5 Å². The largest absolute Gasteiger partial charge is 0.496 e. The van der Waals surface area contributed by atoms with Gasteiger partial charge in [0.05, 0.1) is 18.4 Å². The van der Waals surface area contributed by atoms with Crippen LogP contribution in [0.5, 0.6) is 11.5 Å². The number of hydrogen-bond donors (Lipinski definition) is 2. The minimum Gasteiger partial charge on any atom is -0.496 e. The number of carbonyl (C=O) groups excluding carboxylic acids is 2. The molecule has 2 aromatic carbocycles. The molecule has 0 radical (unpaired) electrons. The van der Waals surface area contributed by atoms with Crippen LogP contribution in [0.1, 0.15) is 28.4 Å². The highest BCUT2D eigenvalue weighted by molar-refractivity contribution is 6.08. The van der Waals surface area contributed by atoms with Crippen molar-refractivity contribution in [2.75, 3.05) is 33.3 Å². The highest BCUT2D eigenvalue weighted by atomic mass is 16.5. The van der Waals surface area contributed by atoms with E-state index in [0.29, 0.717) is 33.9 Å². The fraction of sp³-hybridized carbons (Fsp3) is 0.304. The van der Waals surface area contributed by atoms with E-state index in [1.165, 1.54) is 14.2 Å². The Labute approximate surface area is 188 Å². The van der Waals surface area contributed by atoms with Crippen LogP contribution in [-0.4, -0.2) is 50.0 Å². The van der Waals surface area contributed by atoms with Gasteiger partial charge in [0.1, 0.15) is 18.1 Å². The summed E-state index contributed by atoms with van der Waals surface area (Å²) in [7, 11) is 6.66. The second kappa shape index (κ2) is 10.7. The number of carbonyl (C=O) groups is 2. The van der Waals surface area contributed by atoms with Gasteiger partial charge < -0.3 is 14.4 Å². The van der Waals surface area contributed by atoms with Crippen LogP contribution in [0.4, 0.5) is 10.5 Å². The van der Waals surface area contributed by atoms with Crippen molar-refractivity contribution in [1.29, 1.82) is 0 Å². The number of anilines is 1. The van der Waals surface area contributed by atoms with Crippen LogP contribution in [0.2, 0.25) is 0 Å². The lowest BCUT2D eigenvalue weighted by Gasteiger charge is -2.24. The number of methoxy groups -OCH3 is 1. The van der Waals surface area contributed by atoms with Crippen LogP contribution in [0.15, 0.2) is 48.2 Å². The van der Waals surface area contributed by atoms with Crippen molar-refractivity contribution in [2.45, 2.75) is 20.5 Å². The van der Waals surface area contributed by atoms with Gasteiger partial charge in [0.25, 0.3) is 0 Å². The van der Waals surface area contributed by atoms with Gasteiger partial charge in [-0.15, -0.1) is 0 Å². The van der Waals surface area contributed by atoms with Gasteiger partial charge >= 0.3 is 6.03 Å². The number of nitrogens with two attached hydrogens (primary N) is 2. The maximum Gasteiger partial charge on any atom is 0.352 e. The number of ether oxygens (including phenoxy) is 2. The molecule has 0 aromatic heterocycles. The molecule has 0 aliphatic carbocycles. The lowest BCUT2D eigenvalue weighted by molar-refractivity contribution is 0.103. The number of nitrogens with zero attached hydrogens (tertiary/aromatic N) is 3. The lowest BCUT2D eigenvalue weighted by atomic mass is 10.0. The summed E-state index contributed by atoms with van der Waals surface area (Å²) in [5, 5.41) is 1.83.